The Balaban J connectivity index is 2.25. The molecule has 0 atom stereocenters. The minimum atomic E-state index is 0.898. The van der Waals surface area contributed by atoms with E-state index in [1.165, 1.54) is 0 Å². The molecule has 2 rings (SSSR count). The Morgan fingerprint density at radius 1 is 1.36 bits per heavy atom. The normalized spacial score (nSPS) is 10.1. The Hall–Kier alpha value is -1.42. The largest absolute Gasteiger partial charge is 0.362 e. The van der Waals surface area contributed by atoms with Gasteiger partial charge >= 0.3 is 0 Å². The zero-order chi connectivity index (χ0) is 9.80. The van der Waals surface area contributed by atoms with Crippen molar-refractivity contribution < 1.29 is 0 Å². The summed E-state index contributed by atoms with van der Waals surface area (Å²) in [7, 11) is 0. The summed E-state index contributed by atoms with van der Waals surface area (Å²) in [4.78, 5) is 9.61. The third-order valence-electron chi connectivity index (χ3n) is 1.75. The van der Waals surface area contributed by atoms with Crippen LogP contribution in [0.25, 0.3) is 10.6 Å². The predicted octanol–water partition coefficient (Wildman–Crippen LogP) is 2.64. The molecule has 0 aromatic carbocycles. The van der Waals surface area contributed by atoms with E-state index >= 15 is 0 Å². The fourth-order valence-corrected chi connectivity index (χ4v) is 1.99. The predicted molar refractivity (Wildman–Crippen MR) is 59.5 cm³/mol. The highest BCUT2D eigenvalue weighted by Crippen LogP contribution is 2.26. The molecule has 72 valence electrons. The first-order chi connectivity index (χ1) is 6.90. The van der Waals surface area contributed by atoms with Crippen molar-refractivity contribution in [2.75, 3.05) is 11.9 Å². The number of pyridine rings is 1. The number of hydrogen-bond donors (Lipinski definition) is 1. The molecule has 0 unspecified atom stereocenters. The molecular weight excluding hydrogens is 194 g/mol. The van der Waals surface area contributed by atoms with Crippen LogP contribution in [0.15, 0.2) is 30.6 Å². The van der Waals surface area contributed by atoms with E-state index in [0.717, 1.165) is 22.2 Å². The lowest BCUT2D eigenvalue weighted by Crippen LogP contribution is -1.94. The van der Waals surface area contributed by atoms with Crippen LogP contribution in [0, 0.1) is 0 Å². The zero-order valence-corrected chi connectivity index (χ0v) is 8.71. The summed E-state index contributed by atoms with van der Waals surface area (Å²) in [5.41, 5.74) is 0.981. The maximum absolute atomic E-state index is 4.27. The van der Waals surface area contributed by atoms with Gasteiger partial charge in [-0.05, 0) is 19.1 Å². The highest BCUT2D eigenvalue weighted by Gasteiger charge is 2.03. The highest BCUT2D eigenvalue weighted by atomic mass is 32.1. The van der Waals surface area contributed by atoms with E-state index in [9.17, 15) is 0 Å². The quantitative estimate of drug-likeness (QED) is 0.837. The maximum atomic E-state index is 4.27. The summed E-state index contributed by atoms with van der Waals surface area (Å²) in [5.74, 6) is 0. The number of anilines is 1. The number of rotatable bonds is 3. The Morgan fingerprint density at radius 2 is 2.29 bits per heavy atom. The van der Waals surface area contributed by atoms with Gasteiger partial charge < -0.3 is 5.32 Å². The van der Waals surface area contributed by atoms with Crippen molar-refractivity contribution >= 4 is 16.5 Å². The summed E-state index contributed by atoms with van der Waals surface area (Å²) in [6.45, 7) is 2.96. The number of nitrogens with one attached hydrogen (secondary N) is 1. The van der Waals surface area contributed by atoms with Crippen LogP contribution in [-0.4, -0.2) is 16.5 Å². The topological polar surface area (TPSA) is 37.8 Å². The fourth-order valence-electron chi connectivity index (χ4n) is 1.13. The number of nitrogens with zero attached hydrogens (tertiary/aromatic N) is 2. The first kappa shape index (κ1) is 9.15. The van der Waals surface area contributed by atoms with Gasteiger partial charge in [0, 0.05) is 18.9 Å². The van der Waals surface area contributed by atoms with Crippen molar-refractivity contribution in [2.24, 2.45) is 0 Å². The van der Waals surface area contributed by atoms with E-state index < -0.39 is 0 Å². The molecule has 0 radical (unpaired) electrons. The maximum Gasteiger partial charge on any atom is 0.183 e. The molecule has 2 aromatic heterocycles. The van der Waals surface area contributed by atoms with Gasteiger partial charge in [-0.3, -0.25) is 4.98 Å². The number of thiazole rings is 1. The molecule has 0 aliphatic rings. The summed E-state index contributed by atoms with van der Waals surface area (Å²) >= 11 is 1.63. The second-order valence-corrected chi connectivity index (χ2v) is 3.81. The van der Waals surface area contributed by atoms with Crippen molar-refractivity contribution in [2.45, 2.75) is 6.92 Å². The van der Waals surface area contributed by atoms with Crippen molar-refractivity contribution in [1.29, 1.82) is 0 Å². The molecule has 2 heterocycles. The first-order valence-corrected chi connectivity index (χ1v) is 5.33. The van der Waals surface area contributed by atoms with Crippen LogP contribution in [0.3, 0.4) is 0 Å². The van der Waals surface area contributed by atoms with Crippen LogP contribution < -0.4 is 5.32 Å². The van der Waals surface area contributed by atoms with Crippen molar-refractivity contribution in [1.82, 2.24) is 9.97 Å². The van der Waals surface area contributed by atoms with E-state index in [1.54, 1.807) is 17.5 Å². The van der Waals surface area contributed by atoms with Gasteiger partial charge in [-0.25, -0.2) is 4.98 Å². The molecule has 14 heavy (non-hydrogen) atoms. The molecule has 0 saturated carbocycles. The molecule has 2 aromatic rings. The molecule has 1 N–H and O–H groups in total. The second kappa shape index (κ2) is 4.19. The van der Waals surface area contributed by atoms with Crippen LogP contribution in [-0.2, 0) is 0 Å². The molecule has 0 aliphatic heterocycles. The van der Waals surface area contributed by atoms with Gasteiger partial charge in [0.1, 0.15) is 0 Å². The number of aromatic nitrogens is 2. The van der Waals surface area contributed by atoms with Gasteiger partial charge in [-0.15, -0.1) is 0 Å². The summed E-state index contributed by atoms with van der Waals surface area (Å²) < 4.78 is 0. The van der Waals surface area contributed by atoms with Gasteiger partial charge in [0.25, 0.3) is 0 Å². The Morgan fingerprint density at radius 3 is 3.00 bits per heavy atom. The van der Waals surface area contributed by atoms with Gasteiger partial charge in [0.15, 0.2) is 5.13 Å². The molecule has 0 bridgehead atoms. The fraction of sp³-hybridized carbons (Fsp3) is 0.200. The van der Waals surface area contributed by atoms with Crippen LogP contribution in [0.5, 0.6) is 0 Å². The van der Waals surface area contributed by atoms with E-state index in [-0.39, 0.29) is 0 Å². The van der Waals surface area contributed by atoms with Crippen LogP contribution >= 0.6 is 11.3 Å². The lowest BCUT2D eigenvalue weighted by Gasteiger charge is -1.94. The van der Waals surface area contributed by atoms with E-state index in [0.29, 0.717) is 0 Å². The third kappa shape index (κ3) is 1.90. The highest BCUT2D eigenvalue weighted by molar-refractivity contribution is 7.18. The van der Waals surface area contributed by atoms with Crippen molar-refractivity contribution in [3.63, 3.8) is 0 Å². The van der Waals surface area contributed by atoms with E-state index in [4.69, 9.17) is 0 Å². The minimum Gasteiger partial charge on any atom is -0.362 e. The van der Waals surface area contributed by atoms with E-state index in [2.05, 4.69) is 22.2 Å². The van der Waals surface area contributed by atoms with Gasteiger partial charge in [0.05, 0.1) is 10.6 Å². The molecule has 3 nitrogen and oxygen atoms in total. The van der Waals surface area contributed by atoms with E-state index in [1.807, 2.05) is 24.4 Å². The van der Waals surface area contributed by atoms with Crippen molar-refractivity contribution in [3.8, 4) is 10.6 Å². The lowest BCUT2D eigenvalue weighted by molar-refractivity contribution is 1.19. The van der Waals surface area contributed by atoms with Crippen LogP contribution in [0.4, 0.5) is 5.13 Å². The molecule has 4 heteroatoms. The number of hydrogen-bond acceptors (Lipinski definition) is 4. The summed E-state index contributed by atoms with van der Waals surface area (Å²) in [6, 6.07) is 5.88. The molecule has 0 fully saturated rings. The van der Waals surface area contributed by atoms with Gasteiger partial charge in [0.2, 0.25) is 0 Å². The zero-order valence-electron chi connectivity index (χ0n) is 7.90. The Labute approximate surface area is 86.8 Å². The molecule has 0 aliphatic carbocycles. The molecule has 0 spiro atoms. The molecular formula is C10H11N3S. The Bertz CT molecular complexity index is 397. The summed E-state index contributed by atoms with van der Waals surface area (Å²) in [6.07, 6.45) is 3.65. The standard InChI is InChI=1S/C10H11N3S/c1-2-11-10-13-7-9(14-10)8-5-3-4-6-12-8/h3-7H,2H2,1H3,(H,11,13). The Kier molecular flexibility index (Phi) is 2.74. The van der Waals surface area contributed by atoms with Gasteiger partial charge in [-0.1, -0.05) is 17.4 Å². The van der Waals surface area contributed by atoms with Crippen LogP contribution in [0.1, 0.15) is 6.92 Å². The molecule has 0 saturated heterocycles. The smallest absolute Gasteiger partial charge is 0.183 e. The SMILES string of the molecule is CCNc1ncc(-c2ccccn2)s1. The first-order valence-electron chi connectivity index (χ1n) is 4.51. The minimum absolute atomic E-state index is 0.898. The van der Waals surface area contributed by atoms with Crippen molar-refractivity contribution in [3.05, 3.63) is 30.6 Å². The average Bonchev–Trinajstić information content (AvgIpc) is 2.68. The lowest BCUT2D eigenvalue weighted by atomic mass is 10.3. The molecule has 0 amide bonds. The van der Waals surface area contributed by atoms with Gasteiger partial charge in [-0.2, -0.15) is 0 Å². The summed E-state index contributed by atoms with van der Waals surface area (Å²) in [5, 5.41) is 4.13. The second-order valence-electron chi connectivity index (χ2n) is 2.77. The monoisotopic (exact) mass is 205 g/mol. The average molecular weight is 205 g/mol. The van der Waals surface area contributed by atoms with Crippen LogP contribution in [0.2, 0.25) is 0 Å². The third-order valence-corrected chi connectivity index (χ3v) is 2.73.